The largest absolute Gasteiger partial charge is 0.405 e. The lowest BCUT2D eigenvalue weighted by Crippen LogP contribution is -2.67. The van der Waals surface area contributed by atoms with Crippen LogP contribution in [0.25, 0.3) is 11.0 Å². The predicted molar refractivity (Wildman–Crippen MR) is 133 cm³/mol. The van der Waals surface area contributed by atoms with E-state index in [2.05, 4.69) is 103 Å². The number of benzene rings is 2. The summed E-state index contributed by atoms with van der Waals surface area (Å²) in [6.07, 6.45) is 4.32. The van der Waals surface area contributed by atoms with Gasteiger partial charge in [0.1, 0.15) is 0 Å². The summed E-state index contributed by atoms with van der Waals surface area (Å²) in [7, 11) is -2.57. The van der Waals surface area contributed by atoms with Crippen molar-refractivity contribution in [1.82, 2.24) is 19.7 Å². The van der Waals surface area contributed by atoms with Crippen LogP contribution < -0.4 is 10.4 Å². The van der Waals surface area contributed by atoms with Crippen molar-refractivity contribution in [3.05, 3.63) is 78.3 Å². The minimum atomic E-state index is -2.57. The van der Waals surface area contributed by atoms with E-state index in [1.54, 1.807) is 12.4 Å². The van der Waals surface area contributed by atoms with Crippen molar-refractivity contribution in [1.29, 1.82) is 0 Å². The third-order valence-corrected chi connectivity index (χ3v) is 11.2. The molecular weight excluding hydrogens is 436 g/mol. The zero-order valence-electron chi connectivity index (χ0n) is 19.0. The molecule has 7 heteroatoms. The highest BCUT2D eigenvalue weighted by molar-refractivity contribution is 6.99. The van der Waals surface area contributed by atoms with E-state index in [4.69, 9.17) is 16.0 Å². The Morgan fingerprint density at radius 1 is 0.969 bits per heavy atom. The summed E-state index contributed by atoms with van der Waals surface area (Å²) < 4.78 is 9.03. The fraction of sp³-hybridized carbons (Fsp3) is 0.320. The minimum Gasteiger partial charge on any atom is -0.405 e. The Bertz CT molecular complexity index is 1140. The van der Waals surface area contributed by atoms with Crippen LogP contribution in [0.15, 0.2) is 73.1 Å². The smallest absolute Gasteiger partial charge is 0.261 e. The van der Waals surface area contributed by atoms with Crippen molar-refractivity contribution in [2.45, 2.75) is 51.8 Å². The summed E-state index contributed by atoms with van der Waals surface area (Å²) in [6.45, 7) is 9.74. The third kappa shape index (κ3) is 4.35. The first kappa shape index (κ1) is 22.6. The Morgan fingerprint density at radius 3 is 2.12 bits per heavy atom. The van der Waals surface area contributed by atoms with Crippen LogP contribution in [0.1, 0.15) is 34.1 Å². The number of hydrogen-bond acceptors (Lipinski definition) is 4. The molecule has 166 valence electrons. The second-order valence-electron chi connectivity index (χ2n) is 9.17. The molecule has 0 saturated heterocycles. The zero-order chi connectivity index (χ0) is 22.8. The molecule has 0 aliphatic rings. The Morgan fingerprint density at radius 2 is 1.56 bits per heavy atom. The molecule has 2 heterocycles. The fourth-order valence-electron chi connectivity index (χ4n) is 4.37. The van der Waals surface area contributed by atoms with E-state index >= 15 is 0 Å². The highest BCUT2D eigenvalue weighted by atomic mass is 35.5. The molecule has 1 unspecified atom stereocenters. The highest BCUT2D eigenvalue weighted by Gasteiger charge is 2.50. The van der Waals surface area contributed by atoms with Crippen LogP contribution in [-0.2, 0) is 11.0 Å². The van der Waals surface area contributed by atoms with Crippen LogP contribution in [0.5, 0.6) is 0 Å². The molecule has 0 radical (unpaired) electrons. The summed E-state index contributed by atoms with van der Waals surface area (Å²) in [4.78, 5) is 8.39. The SMILES string of the molecule is CC(CCn1ncc2cnc(Cl)nc21)O[Si](c1ccccc1)(c1ccccc1)C(C)(C)C. The van der Waals surface area contributed by atoms with E-state index in [0.717, 1.165) is 17.5 Å². The molecule has 4 aromatic rings. The van der Waals surface area contributed by atoms with Crippen molar-refractivity contribution < 1.29 is 4.43 Å². The maximum absolute atomic E-state index is 7.15. The van der Waals surface area contributed by atoms with Gasteiger partial charge in [-0.25, -0.2) is 9.67 Å². The quantitative estimate of drug-likeness (QED) is 0.290. The molecule has 0 aliphatic carbocycles. The second-order valence-corrected chi connectivity index (χ2v) is 13.8. The van der Waals surface area contributed by atoms with Crippen LogP contribution >= 0.6 is 11.6 Å². The van der Waals surface area contributed by atoms with Crippen molar-refractivity contribution in [2.75, 3.05) is 0 Å². The molecule has 0 aliphatic heterocycles. The predicted octanol–water partition coefficient (Wildman–Crippen LogP) is 4.83. The van der Waals surface area contributed by atoms with Gasteiger partial charge in [0.25, 0.3) is 8.32 Å². The molecule has 4 rings (SSSR count). The van der Waals surface area contributed by atoms with E-state index in [0.29, 0.717) is 6.54 Å². The molecule has 0 N–H and O–H groups in total. The van der Waals surface area contributed by atoms with E-state index in [9.17, 15) is 0 Å². The number of hydrogen-bond donors (Lipinski definition) is 0. The molecule has 1 atom stereocenters. The standard InChI is InChI=1S/C25H29ClN4OSi/c1-19(15-16-30-23-20(18-28-30)17-27-24(26)29-23)31-32(25(2,3)4,21-11-7-5-8-12-21)22-13-9-6-10-14-22/h5-14,17-19H,15-16H2,1-4H3. The van der Waals surface area contributed by atoms with Crippen LogP contribution in [0.2, 0.25) is 10.3 Å². The van der Waals surface area contributed by atoms with Gasteiger partial charge >= 0.3 is 0 Å². The van der Waals surface area contributed by atoms with Crippen molar-refractivity contribution in [2.24, 2.45) is 0 Å². The average molecular weight is 465 g/mol. The van der Waals surface area contributed by atoms with Gasteiger partial charge in [0, 0.05) is 18.8 Å². The van der Waals surface area contributed by atoms with E-state index in [-0.39, 0.29) is 16.4 Å². The minimum absolute atomic E-state index is 0.0258. The van der Waals surface area contributed by atoms with Crippen molar-refractivity contribution in [3.8, 4) is 0 Å². The van der Waals surface area contributed by atoms with Gasteiger partial charge in [0.2, 0.25) is 5.28 Å². The highest BCUT2D eigenvalue weighted by Crippen LogP contribution is 2.37. The number of nitrogens with zero attached hydrogens (tertiary/aromatic N) is 4. The summed E-state index contributed by atoms with van der Waals surface area (Å²) in [5.41, 5.74) is 0.752. The zero-order valence-corrected chi connectivity index (χ0v) is 20.8. The van der Waals surface area contributed by atoms with Gasteiger partial charge in [-0.1, -0.05) is 81.4 Å². The van der Waals surface area contributed by atoms with Crippen LogP contribution in [0.3, 0.4) is 0 Å². The summed E-state index contributed by atoms with van der Waals surface area (Å²) in [6, 6.07) is 21.4. The van der Waals surface area contributed by atoms with Crippen molar-refractivity contribution >= 4 is 41.3 Å². The maximum Gasteiger partial charge on any atom is 0.261 e. The second kappa shape index (κ2) is 9.14. The van der Waals surface area contributed by atoms with Crippen molar-refractivity contribution in [3.63, 3.8) is 0 Å². The normalized spacial score (nSPS) is 13.4. The lowest BCUT2D eigenvalue weighted by atomic mass is 10.2. The lowest BCUT2D eigenvalue weighted by molar-refractivity contribution is 0.188. The number of aryl methyl sites for hydroxylation is 1. The molecule has 0 spiro atoms. The van der Waals surface area contributed by atoms with Crippen LogP contribution in [0.4, 0.5) is 0 Å². The first-order valence-corrected chi connectivity index (χ1v) is 13.2. The summed E-state index contributed by atoms with van der Waals surface area (Å²) in [5.74, 6) is 0. The summed E-state index contributed by atoms with van der Waals surface area (Å²) in [5, 5.41) is 8.12. The van der Waals surface area contributed by atoms with Gasteiger partial charge in [-0.15, -0.1) is 0 Å². The first-order chi connectivity index (χ1) is 15.3. The Balaban J connectivity index is 1.65. The van der Waals surface area contributed by atoms with E-state index in [1.807, 2.05) is 4.68 Å². The monoisotopic (exact) mass is 464 g/mol. The number of fused-ring (bicyclic) bond motifs is 1. The molecule has 32 heavy (non-hydrogen) atoms. The molecule has 5 nitrogen and oxygen atoms in total. The molecule has 0 bridgehead atoms. The third-order valence-electron chi connectivity index (χ3n) is 5.89. The van der Waals surface area contributed by atoms with Gasteiger partial charge in [-0.2, -0.15) is 10.1 Å². The van der Waals surface area contributed by atoms with E-state index in [1.165, 1.54) is 10.4 Å². The molecule has 0 saturated carbocycles. The fourth-order valence-corrected chi connectivity index (χ4v) is 9.23. The molecular formula is C25H29ClN4OSi. The maximum atomic E-state index is 7.15. The van der Waals surface area contributed by atoms with Gasteiger partial charge < -0.3 is 4.43 Å². The lowest BCUT2D eigenvalue weighted by Gasteiger charge is -2.44. The number of rotatable bonds is 7. The average Bonchev–Trinajstić information content (AvgIpc) is 3.18. The summed E-state index contributed by atoms with van der Waals surface area (Å²) >= 11 is 6.00. The molecule has 0 fully saturated rings. The van der Waals surface area contributed by atoms with Gasteiger partial charge in [0.15, 0.2) is 5.65 Å². The van der Waals surface area contributed by atoms with Gasteiger partial charge in [-0.3, -0.25) is 0 Å². The van der Waals surface area contributed by atoms with Gasteiger partial charge in [-0.05, 0) is 40.4 Å². The van der Waals surface area contributed by atoms with E-state index < -0.39 is 8.32 Å². The Kier molecular flexibility index (Phi) is 6.47. The topological polar surface area (TPSA) is 52.8 Å². The molecule has 2 aromatic heterocycles. The van der Waals surface area contributed by atoms with Crippen LogP contribution in [0, 0.1) is 0 Å². The Labute approximate surface area is 195 Å². The number of halogens is 1. The Hall–Kier alpha value is -2.54. The van der Waals surface area contributed by atoms with Gasteiger partial charge in [0.05, 0.1) is 11.6 Å². The molecule has 0 amide bonds. The van der Waals surface area contributed by atoms with Crippen LogP contribution in [-0.4, -0.2) is 34.2 Å². The first-order valence-electron chi connectivity index (χ1n) is 10.9. The number of aromatic nitrogens is 4. The molecule has 2 aromatic carbocycles.